The molecular weight excluding hydrogens is 184 g/mol. The Morgan fingerprint density at radius 2 is 2.21 bits per heavy atom. The molecule has 0 saturated heterocycles. The molecule has 2 aliphatic rings. The number of nitrogens with one attached hydrogen (secondary N) is 1. The number of aliphatic imine (C=N–C) groups is 3. The average Bonchev–Trinajstić information content (AvgIpc) is 2.50. The molecule has 1 N–H and O–H groups in total. The molecule has 0 aliphatic carbocycles. The lowest BCUT2D eigenvalue weighted by atomic mass is 10.2. The van der Waals surface area contributed by atoms with Crippen LogP contribution in [0.2, 0.25) is 0 Å². The minimum absolute atomic E-state index is 0.00583. The summed E-state index contributed by atoms with van der Waals surface area (Å²) < 4.78 is 0. The molecule has 2 rings (SSSR count). The molecule has 0 saturated carbocycles. The maximum absolute atomic E-state index is 11.3. The third kappa shape index (κ3) is 1.37. The van der Waals surface area contributed by atoms with Gasteiger partial charge in [-0.1, -0.05) is 0 Å². The van der Waals surface area contributed by atoms with Gasteiger partial charge in [0.05, 0.1) is 5.57 Å². The number of carbonyl (C=O) groups is 2. The molecule has 2 amide bonds. The van der Waals surface area contributed by atoms with Gasteiger partial charge in [0, 0.05) is 13.1 Å². The molecular formula is C8H6N4O2. The van der Waals surface area contributed by atoms with Crippen molar-refractivity contribution in [2.24, 2.45) is 15.0 Å². The van der Waals surface area contributed by atoms with E-state index < -0.39 is 5.91 Å². The fourth-order valence-electron chi connectivity index (χ4n) is 1.08. The molecule has 0 spiro atoms. The van der Waals surface area contributed by atoms with Crippen LogP contribution >= 0.6 is 0 Å². The van der Waals surface area contributed by atoms with E-state index in [0.717, 1.165) is 0 Å². The fraction of sp³-hybridized carbons (Fsp3) is 0.125. The Kier molecular flexibility index (Phi) is 1.81. The molecule has 0 bridgehead atoms. The van der Waals surface area contributed by atoms with Gasteiger partial charge in [-0.25, -0.2) is 4.99 Å². The highest BCUT2D eigenvalue weighted by Gasteiger charge is 2.23. The van der Waals surface area contributed by atoms with Crippen molar-refractivity contribution in [2.75, 3.05) is 0 Å². The summed E-state index contributed by atoms with van der Waals surface area (Å²) >= 11 is 0. The minimum atomic E-state index is -0.434. The fourth-order valence-corrected chi connectivity index (χ4v) is 1.08. The molecule has 6 heteroatoms. The van der Waals surface area contributed by atoms with Crippen molar-refractivity contribution in [3.63, 3.8) is 0 Å². The number of hydrogen-bond acceptors (Lipinski definition) is 4. The van der Waals surface area contributed by atoms with Gasteiger partial charge in [-0.2, -0.15) is 9.98 Å². The zero-order chi connectivity index (χ0) is 10.1. The Balaban J connectivity index is 2.31. The summed E-state index contributed by atoms with van der Waals surface area (Å²) in [5.41, 5.74) is 0.360. The van der Waals surface area contributed by atoms with Gasteiger partial charge >= 0.3 is 0 Å². The summed E-state index contributed by atoms with van der Waals surface area (Å²) in [5, 5.41) is 2.33. The van der Waals surface area contributed by atoms with E-state index in [1.54, 1.807) is 0 Å². The lowest BCUT2D eigenvalue weighted by Gasteiger charge is -2.07. The Labute approximate surface area is 79.2 Å². The standard InChI is InChI=1S/C8H6N4O2/c1-4(13)10-8-11-6-5(2-3-9-6)7(14)12-8/h2-3H,1H3,(H,10,12,13,14). The predicted molar refractivity (Wildman–Crippen MR) is 50.3 cm³/mol. The third-order valence-corrected chi connectivity index (χ3v) is 1.62. The van der Waals surface area contributed by atoms with Crippen LogP contribution in [0, 0.1) is 0 Å². The van der Waals surface area contributed by atoms with Crippen LogP contribution in [-0.2, 0) is 9.59 Å². The van der Waals surface area contributed by atoms with Gasteiger partial charge < -0.3 is 0 Å². The number of guanidine groups is 1. The number of allylic oxidation sites excluding steroid dienone is 1. The second-order valence-electron chi connectivity index (χ2n) is 2.72. The highest BCUT2D eigenvalue weighted by atomic mass is 16.2. The van der Waals surface area contributed by atoms with E-state index >= 15 is 0 Å². The topological polar surface area (TPSA) is 83.2 Å². The number of nitrogens with zero attached hydrogens (tertiary/aromatic N) is 3. The minimum Gasteiger partial charge on any atom is -0.295 e. The van der Waals surface area contributed by atoms with Gasteiger partial charge in [0.25, 0.3) is 5.91 Å². The molecule has 0 aromatic carbocycles. The Morgan fingerprint density at radius 1 is 1.43 bits per heavy atom. The zero-order valence-electron chi connectivity index (χ0n) is 7.31. The van der Waals surface area contributed by atoms with E-state index in [1.165, 1.54) is 19.2 Å². The van der Waals surface area contributed by atoms with Crippen LogP contribution < -0.4 is 5.32 Å². The van der Waals surface area contributed by atoms with Crippen molar-refractivity contribution >= 4 is 29.8 Å². The van der Waals surface area contributed by atoms with Gasteiger partial charge in [0.1, 0.15) is 0 Å². The molecule has 0 aromatic rings. The van der Waals surface area contributed by atoms with Gasteiger partial charge in [0.15, 0.2) is 5.84 Å². The summed E-state index contributed by atoms with van der Waals surface area (Å²) in [7, 11) is 0. The van der Waals surface area contributed by atoms with Crippen LogP contribution in [0.1, 0.15) is 6.92 Å². The van der Waals surface area contributed by atoms with E-state index in [2.05, 4.69) is 20.3 Å². The maximum Gasteiger partial charge on any atom is 0.284 e. The first-order chi connectivity index (χ1) is 6.66. The van der Waals surface area contributed by atoms with E-state index in [4.69, 9.17) is 0 Å². The highest BCUT2D eigenvalue weighted by molar-refractivity contribution is 6.33. The molecule has 6 nitrogen and oxygen atoms in total. The summed E-state index contributed by atoms with van der Waals surface area (Å²) in [6.07, 6.45) is 3.01. The molecule has 0 atom stereocenters. The van der Waals surface area contributed by atoms with Crippen molar-refractivity contribution in [2.45, 2.75) is 6.92 Å². The SMILES string of the molecule is CC(=O)NC1=NC(=O)C2=CC=NC2=N1. The predicted octanol–water partition coefficient (Wildman–Crippen LogP) is -0.572. The molecule has 0 unspecified atom stereocenters. The Morgan fingerprint density at radius 3 is 2.93 bits per heavy atom. The monoisotopic (exact) mass is 190 g/mol. The molecule has 0 fully saturated rings. The zero-order valence-corrected chi connectivity index (χ0v) is 7.31. The van der Waals surface area contributed by atoms with Crippen molar-refractivity contribution in [3.8, 4) is 0 Å². The lowest BCUT2D eigenvalue weighted by molar-refractivity contribution is -0.117. The lowest BCUT2D eigenvalue weighted by Crippen LogP contribution is -2.31. The largest absolute Gasteiger partial charge is 0.295 e. The second kappa shape index (κ2) is 2.99. The van der Waals surface area contributed by atoms with E-state index in [0.29, 0.717) is 11.4 Å². The summed E-state index contributed by atoms with van der Waals surface area (Å²) in [4.78, 5) is 33.3. The number of fused-ring (bicyclic) bond motifs is 1. The number of amidine groups is 1. The summed E-state index contributed by atoms with van der Waals surface area (Å²) in [5.74, 6) is -0.464. The third-order valence-electron chi connectivity index (χ3n) is 1.62. The molecule has 2 heterocycles. The molecule has 70 valence electrons. The summed E-state index contributed by atoms with van der Waals surface area (Å²) in [6.45, 7) is 1.32. The highest BCUT2D eigenvalue weighted by Crippen LogP contribution is 2.11. The first-order valence-electron chi connectivity index (χ1n) is 3.91. The van der Waals surface area contributed by atoms with Crippen LogP contribution in [0.3, 0.4) is 0 Å². The number of carbonyl (C=O) groups excluding carboxylic acids is 2. The Bertz CT molecular complexity index is 442. The molecule has 0 aromatic heterocycles. The number of hydrogen-bond donors (Lipinski definition) is 1. The van der Waals surface area contributed by atoms with Crippen molar-refractivity contribution < 1.29 is 9.59 Å². The van der Waals surface area contributed by atoms with E-state index in [1.807, 2.05) is 0 Å². The number of rotatable bonds is 0. The molecule has 14 heavy (non-hydrogen) atoms. The van der Waals surface area contributed by atoms with Gasteiger partial charge in [-0.3, -0.25) is 14.9 Å². The van der Waals surface area contributed by atoms with E-state index in [9.17, 15) is 9.59 Å². The van der Waals surface area contributed by atoms with Crippen LogP contribution in [0.25, 0.3) is 0 Å². The van der Waals surface area contributed by atoms with Gasteiger partial charge in [-0.15, -0.1) is 0 Å². The van der Waals surface area contributed by atoms with Crippen LogP contribution in [0.15, 0.2) is 26.6 Å². The van der Waals surface area contributed by atoms with Crippen LogP contribution in [-0.4, -0.2) is 29.8 Å². The maximum atomic E-state index is 11.3. The number of amides is 2. The summed E-state index contributed by atoms with van der Waals surface area (Å²) in [6, 6.07) is 0. The van der Waals surface area contributed by atoms with Gasteiger partial charge in [0.2, 0.25) is 11.9 Å². The first kappa shape index (κ1) is 8.49. The molecule has 0 radical (unpaired) electrons. The van der Waals surface area contributed by atoms with Crippen molar-refractivity contribution in [1.82, 2.24) is 5.32 Å². The van der Waals surface area contributed by atoms with Crippen LogP contribution in [0.5, 0.6) is 0 Å². The average molecular weight is 190 g/mol. The quantitative estimate of drug-likeness (QED) is 0.554. The van der Waals surface area contributed by atoms with Crippen molar-refractivity contribution in [3.05, 3.63) is 11.6 Å². The van der Waals surface area contributed by atoms with E-state index in [-0.39, 0.29) is 11.9 Å². The van der Waals surface area contributed by atoms with Gasteiger partial charge in [-0.05, 0) is 6.08 Å². The van der Waals surface area contributed by atoms with Crippen LogP contribution in [0.4, 0.5) is 0 Å². The molecule has 2 aliphatic heterocycles. The smallest absolute Gasteiger partial charge is 0.284 e. The second-order valence-corrected chi connectivity index (χ2v) is 2.72. The van der Waals surface area contributed by atoms with Crippen molar-refractivity contribution in [1.29, 1.82) is 0 Å². The first-order valence-corrected chi connectivity index (χ1v) is 3.91. The normalized spacial score (nSPS) is 18.4. The Hall–Kier alpha value is -2.11.